The van der Waals surface area contributed by atoms with Crippen LogP contribution in [0.5, 0.6) is 0 Å². The van der Waals surface area contributed by atoms with Gasteiger partial charge in [0.15, 0.2) is 5.82 Å². The third-order valence-electron chi connectivity index (χ3n) is 1.20. The van der Waals surface area contributed by atoms with Crippen molar-refractivity contribution in [1.82, 2.24) is 9.97 Å². The minimum Gasteiger partial charge on any atom is -0.264 e. The number of hydrogen-bond donors (Lipinski definition) is 0. The van der Waals surface area contributed by atoms with E-state index in [-0.39, 0.29) is 11.0 Å². The molecule has 0 aromatic carbocycles. The van der Waals surface area contributed by atoms with Gasteiger partial charge in [0.1, 0.15) is 12.3 Å². The second-order valence-electron chi connectivity index (χ2n) is 2.40. The summed E-state index contributed by atoms with van der Waals surface area (Å²) in [5, 5.41) is -0.168. The Labute approximate surface area is 85.0 Å². The van der Waals surface area contributed by atoms with Gasteiger partial charge in [-0.2, -0.15) is 8.42 Å². The van der Waals surface area contributed by atoms with Crippen molar-refractivity contribution in [3.63, 3.8) is 0 Å². The Morgan fingerprint density at radius 3 is 2.86 bits per heavy atom. The van der Waals surface area contributed by atoms with Crippen molar-refractivity contribution < 1.29 is 17.0 Å². The maximum Gasteiger partial charge on any atom is 0.264 e. The minimum absolute atomic E-state index is 0.168. The summed E-state index contributed by atoms with van der Waals surface area (Å²) in [6.45, 7) is -0.493. The first-order valence-corrected chi connectivity index (χ1v) is 5.59. The van der Waals surface area contributed by atoms with Crippen molar-refractivity contribution in [3.8, 4) is 0 Å². The van der Waals surface area contributed by atoms with E-state index in [1.54, 1.807) is 0 Å². The van der Waals surface area contributed by atoms with E-state index in [1.807, 2.05) is 0 Å². The van der Waals surface area contributed by atoms with Crippen LogP contribution < -0.4 is 0 Å². The highest BCUT2D eigenvalue weighted by molar-refractivity contribution is 7.85. The first kappa shape index (κ1) is 11.3. The first-order chi connectivity index (χ1) is 6.38. The molecule has 0 unspecified atom stereocenters. The average molecular weight is 241 g/mol. The van der Waals surface area contributed by atoms with Gasteiger partial charge in [0.2, 0.25) is 5.28 Å². The van der Waals surface area contributed by atoms with Crippen LogP contribution in [0.4, 0.5) is 4.39 Å². The average Bonchev–Trinajstić information content (AvgIpc) is 2.05. The number of aromatic nitrogens is 2. The minimum atomic E-state index is -3.62. The van der Waals surface area contributed by atoms with Crippen molar-refractivity contribution in [2.75, 3.05) is 6.26 Å². The quantitative estimate of drug-likeness (QED) is 0.576. The fourth-order valence-electron chi connectivity index (χ4n) is 0.642. The number of hydrogen-bond acceptors (Lipinski definition) is 5. The summed E-state index contributed by atoms with van der Waals surface area (Å²) in [7, 11) is -3.62. The largest absolute Gasteiger partial charge is 0.264 e. The molecule has 0 saturated carbocycles. The highest BCUT2D eigenvalue weighted by Crippen LogP contribution is 2.08. The summed E-state index contributed by atoms with van der Waals surface area (Å²) >= 11 is 5.37. The molecule has 1 aromatic rings. The molecule has 5 nitrogen and oxygen atoms in total. The first-order valence-electron chi connectivity index (χ1n) is 3.40. The summed E-state index contributed by atoms with van der Waals surface area (Å²) in [5.74, 6) is -0.766. The van der Waals surface area contributed by atoms with Crippen molar-refractivity contribution in [1.29, 1.82) is 0 Å². The van der Waals surface area contributed by atoms with Crippen LogP contribution in [-0.4, -0.2) is 24.6 Å². The molecule has 1 aromatic heterocycles. The van der Waals surface area contributed by atoms with Gasteiger partial charge in [-0.05, 0) is 11.6 Å². The highest BCUT2D eigenvalue weighted by Gasteiger charge is 2.09. The van der Waals surface area contributed by atoms with Crippen LogP contribution in [0.2, 0.25) is 5.28 Å². The Bertz CT molecular complexity index is 437. The molecule has 0 fully saturated rings. The summed E-state index contributed by atoms with van der Waals surface area (Å²) in [6.07, 6.45) is 1.70. The molecule has 0 amide bonds. The Morgan fingerprint density at radius 1 is 1.64 bits per heavy atom. The standard InChI is InChI=1S/C6H6ClFN2O3S/c1-14(11,12)13-3-5-4(8)2-9-6(7)10-5/h2H,3H2,1H3. The number of rotatable bonds is 3. The molecule has 0 spiro atoms. The van der Waals surface area contributed by atoms with Gasteiger partial charge in [-0.25, -0.2) is 14.4 Å². The van der Waals surface area contributed by atoms with Gasteiger partial charge in [-0.15, -0.1) is 0 Å². The lowest BCUT2D eigenvalue weighted by molar-refractivity contribution is 0.300. The lowest BCUT2D eigenvalue weighted by Crippen LogP contribution is -2.06. The van der Waals surface area contributed by atoms with Gasteiger partial charge in [0.05, 0.1) is 12.5 Å². The molecule has 78 valence electrons. The normalized spacial score (nSPS) is 11.6. The molecule has 0 aliphatic rings. The molecule has 8 heteroatoms. The highest BCUT2D eigenvalue weighted by atomic mass is 35.5. The second-order valence-corrected chi connectivity index (χ2v) is 4.38. The van der Waals surface area contributed by atoms with E-state index in [2.05, 4.69) is 14.2 Å². The third-order valence-corrected chi connectivity index (χ3v) is 1.93. The van der Waals surface area contributed by atoms with Gasteiger partial charge in [-0.3, -0.25) is 4.18 Å². The molecule has 14 heavy (non-hydrogen) atoms. The zero-order chi connectivity index (χ0) is 10.8. The maximum atomic E-state index is 12.9. The Kier molecular flexibility index (Phi) is 3.35. The predicted octanol–water partition coefficient (Wildman–Crippen LogP) is 0.745. The Morgan fingerprint density at radius 2 is 2.29 bits per heavy atom. The topological polar surface area (TPSA) is 69.2 Å². The zero-order valence-corrected chi connectivity index (χ0v) is 8.64. The fourth-order valence-corrected chi connectivity index (χ4v) is 1.12. The van der Waals surface area contributed by atoms with Crippen molar-refractivity contribution >= 4 is 21.7 Å². The zero-order valence-electron chi connectivity index (χ0n) is 7.07. The van der Waals surface area contributed by atoms with E-state index in [1.165, 1.54) is 0 Å². The van der Waals surface area contributed by atoms with Crippen molar-refractivity contribution in [2.24, 2.45) is 0 Å². The summed E-state index contributed by atoms with van der Waals surface area (Å²) in [6, 6.07) is 0. The van der Waals surface area contributed by atoms with Crippen LogP contribution >= 0.6 is 11.6 Å². The smallest absolute Gasteiger partial charge is 0.264 e. The second kappa shape index (κ2) is 4.16. The molecular weight excluding hydrogens is 235 g/mol. The van der Waals surface area contributed by atoms with E-state index in [9.17, 15) is 12.8 Å². The van der Waals surface area contributed by atoms with Crippen LogP contribution in [0, 0.1) is 5.82 Å². The number of halogens is 2. The van der Waals surface area contributed by atoms with Crippen LogP contribution in [0.25, 0.3) is 0 Å². The van der Waals surface area contributed by atoms with Crippen LogP contribution in [0.15, 0.2) is 6.20 Å². The molecule has 0 saturated heterocycles. The third kappa shape index (κ3) is 3.52. The van der Waals surface area contributed by atoms with E-state index >= 15 is 0 Å². The van der Waals surface area contributed by atoms with E-state index < -0.39 is 22.5 Å². The Hall–Kier alpha value is -0.790. The predicted molar refractivity (Wildman–Crippen MR) is 46.6 cm³/mol. The fraction of sp³-hybridized carbons (Fsp3) is 0.333. The lowest BCUT2D eigenvalue weighted by atomic mass is 10.4. The van der Waals surface area contributed by atoms with Crippen LogP contribution in [0.3, 0.4) is 0 Å². The van der Waals surface area contributed by atoms with Crippen molar-refractivity contribution in [3.05, 3.63) is 23.0 Å². The van der Waals surface area contributed by atoms with Crippen LogP contribution in [-0.2, 0) is 20.9 Å². The molecule has 0 atom stereocenters. The SMILES string of the molecule is CS(=O)(=O)OCc1nc(Cl)ncc1F. The van der Waals surface area contributed by atoms with Gasteiger partial charge < -0.3 is 0 Å². The number of nitrogens with zero attached hydrogens (tertiary/aromatic N) is 2. The monoisotopic (exact) mass is 240 g/mol. The molecule has 0 radical (unpaired) electrons. The van der Waals surface area contributed by atoms with Gasteiger partial charge >= 0.3 is 0 Å². The van der Waals surface area contributed by atoms with Crippen LogP contribution in [0.1, 0.15) is 5.69 Å². The molecule has 0 aliphatic heterocycles. The molecule has 0 bridgehead atoms. The maximum absolute atomic E-state index is 12.9. The molecule has 0 N–H and O–H groups in total. The molecular formula is C6H6ClFN2O3S. The Balaban J connectivity index is 2.81. The molecule has 1 heterocycles. The van der Waals surface area contributed by atoms with Gasteiger partial charge in [-0.1, -0.05) is 0 Å². The van der Waals surface area contributed by atoms with E-state index in [0.29, 0.717) is 0 Å². The van der Waals surface area contributed by atoms with E-state index in [4.69, 9.17) is 11.6 Å². The van der Waals surface area contributed by atoms with E-state index in [0.717, 1.165) is 12.5 Å². The van der Waals surface area contributed by atoms with Crippen molar-refractivity contribution in [2.45, 2.75) is 6.61 Å². The lowest BCUT2D eigenvalue weighted by Gasteiger charge is -2.01. The van der Waals surface area contributed by atoms with Gasteiger partial charge in [0, 0.05) is 0 Å². The summed E-state index contributed by atoms with van der Waals surface area (Å²) in [4.78, 5) is 6.82. The van der Waals surface area contributed by atoms with Gasteiger partial charge in [0.25, 0.3) is 10.1 Å². The summed E-state index contributed by atoms with van der Waals surface area (Å²) in [5.41, 5.74) is -0.199. The summed E-state index contributed by atoms with van der Waals surface area (Å²) < 4.78 is 38.4. The molecule has 0 aliphatic carbocycles. The molecule has 1 rings (SSSR count).